The minimum Gasteiger partial charge on any atom is -0.473 e. The molecule has 0 aromatic heterocycles. The number of piperazine rings is 1. The van der Waals surface area contributed by atoms with Crippen molar-refractivity contribution >= 4 is 11.9 Å². The summed E-state index contributed by atoms with van der Waals surface area (Å²) in [5, 5.41) is 14.8. The summed E-state index contributed by atoms with van der Waals surface area (Å²) in [6.45, 7) is 8.16. The third-order valence-corrected chi connectivity index (χ3v) is 4.04. The van der Waals surface area contributed by atoms with Crippen LogP contribution in [0.3, 0.4) is 0 Å². The zero-order chi connectivity index (χ0) is 19.9. The first-order valence-electron chi connectivity index (χ1n) is 8.10. The molecule has 1 saturated heterocycles. The second-order valence-corrected chi connectivity index (χ2v) is 6.17. The van der Waals surface area contributed by atoms with E-state index in [0.29, 0.717) is 18.2 Å². The maximum atomic E-state index is 12.9. The average Bonchev–Trinajstić information content (AvgIpc) is 2.55. The topological polar surface area (TPSA) is 81.1 Å². The highest BCUT2D eigenvalue weighted by molar-refractivity contribution is 6.27. The molecule has 1 heterocycles. The maximum absolute atomic E-state index is 12.9. The van der Waals surface area contributed by atoms with Gasteiger partial charge in [-0.25, -0.2) is 9.59 Å². The lowest BCUT2D eigenvalue weighted by molar-refractivity contribution is -0.159. The number of rotatable bonds is 3. The van der Waals surface area contributed by atoms with E-state index in [9.17, 15) is 13.2 Å². The van der Waals surface area contributed by atoms with Crippen molar-refractivity contribution in [2.45, 2.75) is 32.6 Å². The molecule has 6 nitrogen and oxygen atoms in total. The number of carboxylic acid groups (broad SMARTS) is 2. The van der Waals surface area contributed by atoms with Gasteiger partial charge in [0.15, 0.2) is 0 Å². The number of nitrogens with zero attached hydrogens (tertiary/aromatic N) is 2. The van der Waals surface area contributed by atoms with Gasteiger partial charge in [0, 0.05) is 38.8 Å². The van der Waals surface area contributed by atoms with E-state index in [4.69, 9.17) is 19.8 Å². The zero-order valence-electron chi connectivity index (χ0n) is 14.7. The summed E-state index contributed by atoms with van der Waals surface area (Å²) in [6, 6.07) is 6.37. The molecular formula is C17H23F3N2O4. The van der Waals surface area contributed by atoms with Crippen LogP contribution in [0.1, 0.15) is 25.0 Å². The van der Waals surface area contributed by atoms with Gasteiger partial charge in [-0.1, -0.05) is 18.2 Å². The van der Waals surface area contributed by atoms with Crippen LogP contribution in [0.5, 0.6) is 0 Å². The Labute approximate surface area is 149 Å². The number of hydrogen-bond acceptors (Lipinski definition) is 4. The second kappa shape index (κ2) is 9.54. The lowest BCUT2D eigenvalue weighted by atomic mass is 10.1. The lowest BCUT2D eigenvalue weighted by Gasteiger charge is -2.37. The Balaban J connectivity index is 0.000000487. The predicted octanol–water partition coefficient (Wildman–Crippen LogP) is 2.39. The summed E-state index contributed by atoms with van der Waals surface area (Å²) in [6.07, 6.45) is -4.27. The van der Waals surface area contributed by atoms with Crippen LogP contribution in [-0.2, 0) is 22.3 Å². The first-order valence-corrected chi connectivity index (χ1v) is 8.10. The van der Waals surface area contributed by atoms with E-state index in [0.717, 1.165) is 26.2 Å². The van der Waals surface area contributed by atoms with Gasteiger partial charge in [-0.05, 0) is 25.5 Å². The normalized spacial score (nSPS) is 16.1. The number of carboxylic acids is 2. The molecule has 0 aliphatic carbocycles. The highest BCUT2D eigenvalue weighted by Crippen LogP contribution is 2.32. The van der Waals surface area contributed by atoms with Crippen molar-refractivity contribution in [3.63, 3.8) is 0 Å². The Bertz CT molecular complexity index is 600. The Kier molecular flexibility index (Phi) is 8.04. The number of hydrogen-bond donors (Lipinski definition) is 2. The third-order valence-electron chi connectivity index (χ3n) is 4.04. The highest BCUT2D eigenvalue weighted by atomic mass is 19.4. The first-order chi connectivity index (χ1) is 12.0. The van der Waals surface area contributed by atoms with E-state index in [1.165, 1.54) is 12.1 Å². The van der Waals surface area contributed by atoms with Gasteiger partial charge in [-0.2, -0.15) is 13.2 Å². The van der Waals surface area contributed by atoms with Crippen LogP contribution in [0.15, 0.2) is 24.3 Å². The molecule has 0 spiro atoms. The number of halogens is 3. The molecule has 9 heteroatoms. The smallest absolute Gasteiger partial charge is 0.416 e. The minimum absolute atomic E-state index is 0.373. The highest BCUT2D eigenvalue weighted by Gasteiger charge is 2.33. The molecule has 146 valence electrons. The summed E-state index contributed by atoms with van der Waals surface area (Å²) < 4.78 is 38.8. The van der Waals surface area contributed by atoms with Crippen LogP contribution >= 0.6 is 0 Å². The van der Waals surface area contributed by atoms with Crippen LogP contribution in [0.25, 0.3) is 0 Å². The molecule has 0 bridgehead atoms. The van der Waals surface area contributed by atoms with Crippen LogP contribution in [0.2, 0.25) is 0 Å². The lowest BCUT2D eigenvalue weighted by Crippen LogP contribution is -2.48. The first kappa shape index (κ1) is 21.9. The Morgan fingerprint density at radius 1 is 1.04 bits per heavy atom. The molecule has 0 amide bonds. The van der Waals surface area contributed by atoms with Gasteiger partial charge in [0.1, 0.15) is 0 Å². The van der Waals surface area contributed by atoms with E-state index < -0.39 is 23.7 Å². The standard InChI is InChI=1S/C15H21F3N2.C2H2O4/c1-12(2)20-9-7-19(8-10-20)11-13-5-3-4-6-14(13)15(16,17)18;3-1(4)2(5)6/h3-6,12H,7-11H2,1-2H3;(H,3,4)(H,5,6). The van der Waals surface area contributed by atoms with Gasteiger partial charge in [-0.3, -0.25) is 9.80 Å². The predicted molar refractivity (Wildman–Crippen MR) is 88.7 cm³/mol. The number of alkyl halides is 3. The Morgan fingerprint density at radius 3 is 1.96 bits per heavy atom. The van der Waals surface area contributed by atoms with Crippen molar-refractivity contribution in [3.05, 3.63) is 35.4 Å². The number of aliphatic carboxylic acids is 2. The van der Waals surface area contributed by atoms with Crippen molar-refractivity contribution in [1.82, 2.24) is 9.80 Å². The fraction of sp³-hybridized carbons (Fsp3) is 0.529. The molecule has 1 aromatic rings. The maximum Gasteiger partial charge on any atom is 0.416 e. The number of carbonyl (C=O) groups is 2. The molecule has 1 aliphatic rings. The number of benzene rings is 1. The van der Waals surface area contributed by atoms with Gasteiger partial charge < -0.3 is 10.2 Å². The van der Waals surface area contributed by atoms with Crippen LogP contribution < -0.4 is 0 Å². The average molecular weight is 376 g/mol. The quantitative estimate of drug-likeness (QED) is 0.789. The van der Waals surface area contributed by atoms with E-state index in [1.807, 2.05) is 0 Å². The van der Waals surface area contributed by atoms with Crippen molar-refractivity contribution in [2.75, 3.05) is 26.2 Å². The fourth-order valence-electron chi connectivity index (χ4n) is 2.61. The molecule has 0 saturated carbocycles. The minimum atomic E-state index is -4.27. The van der Waals surface area contributed by atoms with Gasteiger partial charge >= 0.3 is 18.1 Å². The van der Waals surface area contributed by atoms with E-state index in [2.05, 4.69) is 23.6 Å². The van der Waals surface area contributed by atoms with Gasteiger partial charge in [0.25, 0.3) is 0 Å². The van der Waals surface area contributed by atoms with Crippen LogP contribution in [0.4, 0.5) is 13.2 Å². The van der Waals surface area contributed by atoms with E-state index >= 15 is 0 Å². The molecule has 1 aromatic carbocycles. The molecule has 2 N–H and O–H groups in total. The van der Waals surface area contributed by atoms with Crippen molar-refractivity contribution in [3.8, 4) is 0 Å². The van der Waals surface area contributed by atoms with E-state index in [1.54, 1.807) is 12.1 Å². The molecule has 0 unspecified atom stereocenters. The summed E-state index contributed by atoms with van der Waals surface area (Å²) in [7, 11) is 0. The fourth-order valence-corrected chi connectivity index (χ4v) is 2.61. The third kappa shape index (κ3) is 7.01. The molecular weight excluding hydrogens is 353 g/mol. The zero-order valence-corrected chi connectivity index (χ0v) is 14.7. The SMILES string of the molecule is CC(C)N1CCN(Cc2ccccc2C(F)(F)F)CC1.O=C(O)C(=O)O. The monoisotopic (exact) mass is 376 g/mol. The second-order valence-electron chi connectivity index (χ2n) is 6.17. The summed E-state index contributed by atoms with van der Waals surface area (Å²) >= 11 is 0. The van der Waals surface area contributed by atoms with Crippen LogP contribution in [0, 0.1) is 0 Å². The van der Waals surface area contributed by atoms with Gasteiger partial charge in [0.05, 0.1) is 5.56 Å². The Hall–Kier alpha value is -2.13. The summed E-state index contributed by atoms with van der Waals surface area (Å²) in [5.41, 5.74) is -0.135. The molecule has 0 radical (unpaired) electrons. The molecule has 1 aliphatic heterocycles. The molecule has 26 heavy (non-hydrogen) atoms. The van der Waals surface area contributed by atoms with Crippen molar-refractivity contribution in [1.29, 1.82) is 0 Å². The van der Waals surface area contributed by atoms with Crippen molar-refractivity contribution in [2.24, 2.45) is 0 Å². The summed E-state index contributed by atoms with van der Waals surface area (Å²) in [5.74, 6) is -3.65. The van der Waals surface area contributed by atoms with Crippen molar-refractivity contribution < 1.29 is 33.0 Å². The summed E-state index contributed by atoms with van der Waals surface area (Å²) in [4.78, 5) is 22.7. The van der Waals surface area contributed by atoms with Crippen LogP contribution in [-0.4, -0.2) is 64.2 Å². The van der Waals surface area contributed by atoms with Gasteiger partial charge in [0.2, 0.25) is 0 Å². The molecule has 0 atom stereocenters. The Morgan fingerprint density at radius 2 is 1.54 bits per heavy atom. The van der Waals surface area contributed by atoms with E-state index in [-0.39, 0.29) is 0 Å². The largest absolute Gasteiger partial charge is 0.473 e. The molecule has 1 fully saturated rings. The molecule has 2 rings (SSSR count). The van der Waals surface area contributed by atoms with Gasteiger partial charge in [-0.15, -0.1) is 0 Å².